The van der Waals surface area contributed by atoms with Gasteiger partial charge in [0.2, 0.25) is 11.7 Å². The van der Waals surface area contributed by atoms with E-state index in [1.807, 2.05) is 48.5 Å². The number of aromatic nitrogens is 4. The number of methoxy groups -OCH3 is 1. The highest BCUT2D eigenvalue weighted by Crippen LogP contribution is 2.27. The molecule has 0 radical (unpaired) electrons. The third-order valence-corrected chi connectivity index (χ3v) is 4.64. The summed E-state index contributed by atoms with van der Waals surface area (Å²) in [6.07, 6.45) is 1.57. The predicted molar refractivity (Wildman–Crippen MR) is 95.4 cm³/mol. The van der Waals surface area contributed by atoms with E-state index in [-0.39, 0.29) is 0 Å². The summed E-state index contributed by atoms with van der Waals surface area (Å²) in [6.45, 7) is 0. The van der Waals surface area contributed by atoms with Crippen molar-refractivity contribution in [3.8, 4) is 17.1 Å². The molecule has 0 spiro atoms. The summed E-state index contributed by atoms with van der Waals surface area (Å²) in [7, 11) is 1.63. The van der Waals surface area contributed by atoms with Gasteiger partial charge in [0, 0.05) is 10.9 Å². The van der Waals surface area contributed by atoms with Crippen LogP contribution in [0.3, 0.4) is 0 Å². The van der Waals surface area contributed by atoms with Crippen molar-refractivity contribution in [1.29, 1.82) is 0 Å². The van der Waals surface area contributed by atoms with E-state index in [2.05, 4.69) is 20.1 Å². The maximum atomic E-state index is 5.35. The highest BCUT2D eigenvalue weighted by atomic mass is 32.2. The van der Waals surface area contributed by atoms with Crippen LogP contribution in [-0.4, -0.2) is 27.2 Å². The number of thioether (sulfide) groups is 1. The van der Waals surface area contributed by atoms with Gasteiger partial charge in [-0.3, -0.25) is 0 Å². The van der Waals surface area contributed by atoms with Crippen molar-refractivity contribution in [3.63, 3.8) is 0 Å². The maximum absolute atomic E-state index is 5.35. The minimum absolute atomic E-state index is 0.546. The molecule has 4 rings (SSSR count). The summed E-state index contributed by atoms with van der Waals surface area (Å²) in [5, 5.41) is 5.96. The standard InChI is InChI=1S/C18H14N4O2S/c1-23-13-8-6-12(7-9-13)17-21-16(24-22-17)10-25-18-14-4-2-3-5-15(14)19-11-20-18/h2-9,11H,10H2,1H3. The molecule has 0 N–H and O–H groups in total. The molecule has 25 heavy (non-hydrogen) atoms. The Bertz CT molecular complexity index is 996. The van der Waals surface area contributed by atoms with Crippen LogP contribution in [-0.2, 0) is 5.75 Å². The monoisotopic (exact) mass is 350 g/mol. The molecular weight excluding hydrogens is 336 g/mol. The van der Waals surface area contributed by atoms with Crippen molar-refractivity contribution in [2.24, 2.45) is 0 Å². The van der Waals surface area contributed by atoms with E-state index in [9.17, 15) is 0 Å². The van der Waals surface area contributed by atoms with Crippen molar-refractivity contribution in [2.75, 3.05) is 7.11 Å². The Kier molecular flexibility index (Phi) is 4.30. The number of fused-ring (bicyclic) bond motifs is 1. The van der Waals surface area contributed by atoms with Gasteiger partial charge in [-0.2, -0.15) is 4.98 Å². The van der Waals surface area contributed by atoms with Gasteiger partial charge in [0.25, 0.3) is 0 Å². The van der Waals surface area contributed by atoms with Crippen LogP contribution >= 0.6 is 11.8 Å². The molecule has 4 aromatic rings. The van der Waals surface area contributed by atoms with Gasteiger partial charge < -0.3 is 9.26 Å². The van der Waals surface area contributed by atoms with Crippen LogP contribution in [0.1, 0.15) is 5.89 Å². The van der Waals surface area contributed by atoms with Crippen LogP contribution in [0.15, 0.2) is 64.4 Å². The quantitative estimate of drug-likeness (QED) is 0.398. The molecule has 0 bridgehead atoms. The zero-order chi connectivity index (χ0) is 17.1. The molecule has 0 atom stereocenters. The van der Waals surface area contributed by atoms with Crippen LogP contribution < -0.4 is 4.74 Å². The number of nitrogens with zero attached hydrogens (tertiary/aromatic N) is 4. The Morgan fingerprint density at radius 2 is 1.88 bits per heavy atom. The van der Waals surface area contributed by atoms with E-state index in [1.54, 1.807) is 25.2 Å². The molecule has 124 valence electrons. The molecule has 0 saturated heterocycles. The van der Waals surface area contributed by atoms with Gasteiger partial charge in [-0.15, -0.1) is 0 Å². The summed E-state index contributed by atoms with van der Waals surface area (Å²) in [4.78, 5) is 13.1. The summed E-state index contributed by atoms with van der Waals surface area (Å²) in [5.41, 5.74) is 1.80. The number of ether oxygens (including phenoxy) is 1. The topological polar surface area (TPSA) is 73.9 Å². The largest absolute Gasteiger partial charge is 0.497 e. The zero-order valence-electron chi connectivity index (χ0n) is 13.4. The summed E-state index contributed by atoms with van der Waals surface area (Å²) < 4.78 is 10.5. The molecule has 2 aromatic heterocycles. The number of hydrogen-bond donors (Lipinski definition) is 0. The van der Waals surface area contributed by atoms with Crippen LogP contribution in [0, 0.1) is 0 Å². The molecule has 2 aromatic carbocycles. The van der Waals surface area contributed by atoms with Crippen LogP contribution in [0.25, 0.3) is 22.3 Å². The van der Waals surface area contributed by atoms with E-state index >= 15 is 0 Å². The highest BCUT2D eigenvalue weighted by Gasteiger charge is 2.11. The predicted octanol–water partition coefficient (Wildman–Crippen LogP) is 3.98. The van der Waals surface area contributed by atoms with Gasteiger partial charge in [0.15, 0.2) is 0 Å². The van der Waals surface area contributed by atoms with Crippen molar-refractivity contribution >= 4 is 22.7 Å². The lowest BCUT2D eigenvalue weighted by atomic mass is 10.2. The number of benzene rings is 2. The van der Waals surface area contributed by atoms with Gasteiger partial charge in [-0.05, 0) is 30.3 Å². The SMILES string of the molecule is COc1ccc(-c2noc(CSc3ncnc4ccccc34)n2)cc1. The molecule has 2 heterocycles. The third-order valence-electron chi connectivity index (χ3n) is 3.65. The second-order valence-electron chi connectivity index (χ2n) is 5.22. The van der Waals surface area contributed by atoms with Crippen molar-refractivity contribution in [1.82, 2.24) is 20.1 Å². The third kappa shape index (κ3) is 3.32. The molecule has 0 amide bonds. The minimum atomic E-state index is 0.546. The first-order chi connectivity index (χ1) is 12.3. The second-order valence-corrected chi connectivity index (χ2v) is 6.19. The van der Waals surface area contributed by atoms with Crippen LogP contribution in [0.2, 0.25) is 0 Å². The number of rotatable bonds is 5. The molecule has 0 fully saturated rings. The maximum Gasteiger partial charge on any atom is 0.237 e. The lowest BCUT2D eigenvalue weighted by molar-refractivity contribution is 0.391. The normalized spacial score (nSPS) is 10.9. The molecule has 0 aliphatic rings. The van der Waals surface area contributed by atoms with Gasteiger partial charge >= 0.3 is 0 Å². The van der Waals surface area contributed by atoms with E-state index in [1.165, 1.54) is 0 Å². The zero-order valence-corrected chi connectivity index (χ0v) is 14.2. The fourth-order valence-electron chi connectivity index (χ4n) is 2.40. The smallest absolute Gasteiger partial charge is 0.237 e. The fourth-order valence-corrected chi connectivity index (χ4v) is 3.22. The first kappa shape index (κ1) is 15.6. The average molecular weight is 350 g/mol. The molecule has 7 heteroatoms. The van der Waals surface area contributed by atoms with Crippen LogP contribution in [0.5, 0.6) is 5.75 Å². The molecule has 6 nitrogen and oxygen atoms in total. The first-order valence-corrected chi connectivity index (χ1v) is 8.61. The van der Waals surface area contributed by atoms with Crippen molar-refractivity contribution in [3.05, 3.63) is 60.7 Å². The second kappa shape index (κ2) is 6.90. The Hall–Kier alpha value is -2.93. The van der Waals surface area contributed by atoms with E-state index in [0.29, 0.717) is 17.5 Å². The van der Waals surface area contributed by atoms with Crippen molar-refractivity contribution < 1.29 is 9.26 Å². The number of para-hydroxylation sites is 1. The van der Waals surface area contributed by atoms with Gasteiger partial charge in [0.1, 0.15) is 17.1 Å². The van der Waals surface area contributed by atoms with Crippen LogP contribution in [0.4, 0.5) is 0 Å². The minimum Gasteiger partial charge on any atom is -0.497 e. The van der Waals surface area contributed by atoms with Gasteiger partial charge in [0.05, 0.1) is 18.4 Å². The molecule has 0 aliphatic carbocycles. The molecule has 0 aliphatic heterocycles. The highest BCUT2D eigenvalue weighted by molar-refractivity contribution is 7.98. The average Bonchev–Trinajstić information content (AvgIpc) is 3.15. The fraction of sp³-hybridized carbons (Fsp3) is 0.111. The Labute approximate surface area is 148 Å². The first-order valence-electron chi connectivity index (χ1n) is 7.63. The molecular formula is C18H14N4O2S. The van der Waals surface area contributed by atoms with Crippen molar-refractivity contribution in [2.45, 2.75) is 10.8 Å². The van der Waals surface area contributed by atoms with E-state index in [0.717, 1.165) is 27.2 Å². The molecule has 0 saturated carbocycles. The Balaban J connectivity index is 1.51. The lowest BCUT2D eigenvalue weighted by Crippen LogP contribution is -1.88. The summed E-state index contributed by atoms with van der Waals surface area (Å²) in [5.74, 6) is 2.45. The molecule has 0 unspecified atom stereocenters. The van der Waals surface area contributed by atoms with E-state index < -0.39 is 0 Å². The Morgan fingerprint density at radius 1 is 1.04 bits per heavy atom. The Morgan fingerprint density at radius 3 is 2.72 bits per heavy atom. The number of hydrogen-bond acceptors (Lipinski definition) is 7. The lowest BCUT2D eigenvalue weighted by Gasteiger charge is -2.02. The van der Waals surface area contributed by atoms with Gasteiger partial charge in [-0.1, -0.05) is 35.1 Å². The van der Waals surface area contributed by atoms with Gasteiger partial charge in [-0.25, -0.2) is 9.97 Å². The summed E-state index contributed by atoms with van der Waals surface area (Å²) in [6, 6.07) is 15.5. The van der Waals surface area contributed by atoms with E-state index in [4.69, 9.17) is 9.26 Å². The summed E-state index contributed by atoms with van der Waals surface area (Å²) >= 11 is 1.55.